The molecular formula is C21H44N2O6Si2. The summed E-state index contributed by atoms with van der Waals surface area (Å²) >= 11 is 0. The number of nitrogens with one attached hydrogen (secondary N) is 2. The summed E-state index contributed by atoms with van der Waals surface area (Å²) in [5.41, 5.74) is 0. The van der Waals surface area contributed by atoms with Gasteiger partial charge in [0.2, 0.25) is 12.3 Å². The van der Waals surface area contributed by atoms with E-state index < -0.39 is 34.7 Å². The molecule has 0 saturated carbocycles. The smallest absolute Gasteiger partial charge is 0.330 e. The van der Waals surface area contributed by atoms with Gasteiger partial charge in [-0.15, -0.1) is 0 Å². The Balaban J connectivity index is 5.28. The molecule has 0 bridgehead atoms. The lowest BCUT2D eigenvalue weighted by Crippen LogP contribution is -2.51. The number of hydrogen-bond donors (Lipinski definition) is 2. The SMILES string of the molecule is COC(=O)C(CO[Si](C)(C)C(C)(C)C)NC(=O)CC(CNC=O)O[Si](C)(C)C(C)(C)C. The van der Waals surface area contributed by atoms with Gasteiger partial charge in [-0.1, -0.05) is 41.5 Å². The molecule has 0 radical (unpaired) electrons. The molecule has 2 unspecified atom stereocenters. The lowest BCUT2D eigenvalue weighted by Gasteiger charge is -2.39. The molecule has 0 aromatic rings. The molecule has 0 rings (SSSR count). The van der Waals surface area contributed by atoms with E-state index in [1.165, 1.54) is 7.11 Å². The maximum atomic E-state index is 12.8. The number of esters is 1. The molecule has 0 aliphatic rings. The Morgan fingerprint density at radius 3 is 1.90 bits per heavy atom. The molecule has 2 N–H and O–H groups in total. The highest BCUT2D eigenvalue weighted by Crippen LogP contribution is 2.38. The van der Waals surface area contributed by atoms with Gasteiger partial charge in [0.05, 0.1) is 26.2 Å². The minimum absolute atomic E-state index is 0.0148. The van der Waals surface area contributed by atoms with Crippen LogP contribution in [-0.2, 0) is 28.0 Å². The Kier molecular flexibility index (Phi) is 11.1. The van der Waals surface area contributed by atoms with Crippen molar-refractivity contribution in [3.05, 3.63) is 0 Å². The minimum Gasteiger partial charge on any atom is -0.467 e. The molecule has 182 valence electrons. The molecule has 0 aromatic carbocycles. The molecule has 0 aliphatic heterocycles. The predicted molar refractivity (Wildman–Crippen MR) is 128 cm³/mol. The van der Waals surface area contributed by atoms with Crippen molar-refractivity contribution < 1.29 is 28.0 Å². The first-order valence-electron chi connectivity index (χ1n) is 10.7. The predicted octanol–water partition coefficient (Wildman–Crippen LogP) is 3.19. The molecule has 0 aliphatic carbocycles. The molecule has 10 heteroatoms. The number of carbonyl (C=O) groups excluding carboxylic acids is 3. The first-order valence-corrected chi connectivity index (χ1v) is 16.6. The van der Waals surface area contributed by atoms with Crippen LogP contribution in [0.15, 0.2) is 0 Å². The first kappa shape index (κ1) is 29.8. The van der Waals surface area contributed by atoms with Gasteiger partial charge in [-0.25, -0.2) is 4.79 Å². The maximum Gasteiger partial charge on any atom is 0.330 e. The van der Waals surface area contributed by atoms with Crippen molar-refractivity contribution in [3.8, 4) is 0 Å². The maximum absolute atomic E-state index is 12.8. The summed E-state index contributed by atoms with van der Waals surface area (Å²) in [5.74, 6) is -0.911. The van der Waals surface area contributed by atoms with Crippen molar-refractivity contribution >= 4 is 34.9 Å². The molecule has 2 amide bonds. The van der Waals surface area contributed by atoms with Gasteiger partial charge < -0.3 is 24.2 Å². The highest BCUT2D eigenvalue weighted by molar-refractivity contribution is 6.74. The highest BCUT2D eigenvalue weighted by Gasteiger charge is 2.40. The molecule has 0 heterocycles. The van der Waals surface area contributed by atoms with Crippen molar-refractivity contribution in [3.63, 3.8) is 0 Å². The zero-order valence-corrected chi connectivity index (χ0v) is 23.3. The third kappa shape index (κ3) is 9.84. The quantitative estimate of drug-likeness (QED) is 0.255. The normalized spacial score (nSPS) is 15.1. The van der Waals surface area contributed by atoms with Crippen LogP contribution in [0.2, 0.25) is 36.3 Å². The molecule has 31 heavy (non-hydrogen) atoms. The van der Waals surface area contributed by atoms with Crippen LogP contribution in [0.3, 0.4) is 0 Å². The molecular weight excluding hydrogens is 432 g/mol. The second-order valence-electron chi connectivity index (χ2n) is 10.9. The van der Waals surface area contributed by atoms with E-state index in [9.17, 15) is 14.4 Å². The highest BCUT2D eigenvalue weighted by atomic mass is 28.4. The van der Waals surface area contributed by atoms with Crippen molar-refractivity contribution in [2.75, 3.05) is 20.3 Å². The van der Waals surface area contributed by atoms with E-state index in [1.807, 2.05) is 0 Å². The van der Waals surface area contributed by atoms with Gasteiger partial charge in [0.15, 0.2) is 16.6 Å². The van der Waals surface area contributed by atoms with Gasteiger partial charge in [0.1, 0.15) is 6.04 Å². The van der Waals surface area contributed by atoms with Gasteiger partial charge in [0, 0.05) is 6.54 Å². The Bertz CT molecular complexity index is 612. The Morgan fingerprint density at radius 2 is 1.48 bits per heavy atom. The zero-order valence-electron chi connectivity index (χ0n) is 21.3. The van der Waals surface area contributed by atoms with Crippen LogP contribution in [0.1, 0.15) is 48.0 Å². The van der Waals surface area contributed by atoms with Crippen molar-refractivity contribution in [2.45, 2.75) is 96.4 Å². The number of hydrogen-bond acceptors (Lipinski definition) is 6. The van der Waals surface area contributed by atoms with Gasteiger partial charge in [-0.3, -0.25) is 9.59 Å². The van der Waals surface area contributed by atoms with Crippen molar-refractivity contribution in [1.82, 2.24) is 10.6 Å². The molecule has 2 atom stereocenters. The van der Waals surface area contributed by atoms with Crippen LogP contribution in [-0.4, -0.2) is 67.3 Å². The third-order valence-corrected chi connectivity index (χ3v) is 15.4. The van der Waals surface area contributed by atoms with Crippen molar-refractivity contribution in [2.24, 2.45) is 0 Å². The van der Waals surface area contributed by atoms with E-state index in [1.54, 1.807) is 0 Å². The van der Waals surface area contributed by atoms with Gasteiger partial charge in [-0.05, 0) is 36.3 Å². The fourth-order valence-corrected chi connectivity index (χ4v) is 4.58. The second-order valence-corrected chi connectivity index (χ2v) is 20.5. The lowest BCUT2D eigenvalue weighted by molar-refractivity contribution is -0.146. The largest absolute Gasteiger partial charge is 0.467 e. The third-order valence-electron chi connectivity index (χ3n) is 6.35. The minimum atomic E-state index is -2.16. The van der Waals surface area contributed by atoms with Crippen LogP contribution in [0.4, 0.5) is 0 Å². The first-order chi connectivity index (χ1) is 13.9. The lowest BCUT2D eigenvalue weighted by atomic mass is 10.2. The molecule has 8 nitrogen and oxygen atoms in total. The zero-order chi connectivity index (χ0) is 24.7. The van der Waals surface area contributed by atoms with E-state index in [4.69, 9.17) is 13.6 Å². The monoisotopic (exact) mass is 476 g/mol. The number of rotatable bonds is 12. The summed E-state index contributed by atoms with van der Waals surface area (Å²) in [7, 11) is -2.99. The summed E-state index contributed by atoms with van der Waals surface area (Å²) in [6.45, 7) is 21.2. The van der Waals surface area contributed by atoms with Crippen LogP contribution in [0.5, 0.6) is 0 Å². The average molecular weight is 477 g/mol. The van der Waals surface area contributed by atoms with Crippen LogP contribution >= 0.6 is 0 Å². The van der Waals surface area contributed by atoms with Gasteiger partial charge >= 0.3 is 5.97 Å². The van der Waals surface area contributed by atoms with Gasteiger partial charge in [-0.2, -0.15) is 0 Å². The summed E-state index contributed by atoms with van der Waals surface area (Å²) in [6, 6.07) is -0.904. The van der Waals surface area contributed by atoms with E-state index in [0.29, 0.717) is 6.41 Å². The summed E-state index contributed by atoms with van der Waals surface area (Å²) in [6.07, 6.45) is 0.108. The van der Waals surface area contributed by atoms with E-state index in [0.717, 1.165) is 0 Å². The fourth-order valence-electron chi connectivity index (χ4n) is 2.21. The fraction of sp³-hybridized carbons (Fsp3) is 0.857. The summed E-state index contributed by atoms with van der Waals surface area (Å²) < 4.78 is 17.3. The Labute approximate surface area is 190 Å². The van der Waals surface area contributed by atoms with Crippen LogP contribution in [0, 0.1) is 0 Å². The number of methoxy groups -OCH3 is 1. The van der Waals surface area contributed by atoms with E-state index in [2.05, 4.69) is 78.4 Å². The number of carbonyl (C=O) groups is 3. The van der Waals surface area contributed by atoms with Crippen LogP contribution in [0.25, 0.3) is 0 Å². The Hall–Kier alpha value is -1.24. The molecule has 0 saturated heterocycles. The Morgan fingerprint density at radius 1 is 0.968 bits per heavy atom. The van der Waals surface area contributed by atoms with E-state index in [-0.39, 0.29) is 35.6 Å². The molecule has 0 spiro atoms. The number of amides is 2. The van der Waals surface area contributed by atoms with Crippen LogP contribution < -0.4 is 10.6 Å². The molecule has 0 fully saturated rings. The van der Waals surface area contributed by atoms with Crippen molar-refractivity contribution in [1.29, 1.82) is 0 Å². The summed E-state index contributed by atoms with van der Waals surface area (Å²) in [5, 5.41) is 5.25. The summed E-state index contributed by atoms with van der Waals surface area (Å²) in [4.78, 5) is 35.8. The topological polar surface area (TPSA) is 103 Å². The van der Waals surface area contributed by atoms with E-state index >= 15 is 0 Å². The second kappa shape index (κ2) is 11.6. The van der Waals surface area contributed by atoms with Gasteiger partial charge in [0.25, 0.3) is 0 Å². The standard InChI is InChI=1S/C21H44N2O6Si2/c1-20(2,3)30(8,9)28-14-17(19(26)27-7)23-18(25)12-16(13-22-15-24)29-31(10,11)21(4,5)6/h15-17H,12-14H2,1-11H3,(H,22,24)(H,23,25). The number of ether oxygens (including phenoxy) is 1. The molecule has 0 aromatic heterocycles. The average Bonchev–Trinajstić information content (AvgIpc) is 2.60.